The Kier molecular flexibility index (Phi) is 13.3. The molecule has 0 aliphatic carbocycles. The maximum absolute atomic E-state index is 11.3. The molecule has 1 aliphatic rings. The fourth-order valence-electron chi connectivity index (χ4n) is 1.81. The van der Waals surface area contributed by atoms with Crippen LogP contribution in [0, 0.1) is 5.92 Å². The van der Waals surface area contributed by atoms with Gasteiger partial charge in [-0.25, -0.2) is 0 Å². The third-order valence-electron chi connectivity index (χ3n) is 3.02. The van der Waals surface area contributed by atoms with E-state index in [1.807, 2.05) is 6.92 Å². The Morgan fingerprint density at radius 1 is 1.21 bits per heavy atom. The van der Waals surface area contributed by atoms with Crippen molar-refractivity contribution in [2.75, 3.05) is 39.4 Å². The summed E-state index contributed by atoms with van der Waals surface area (Å²) in [5.74, 6) is -0.142. The molecule has 5 heteroatoms. The average molecular weight is 274 g/mol. The second-order valence-corrected chi connectivity index (χ2v) is 4.64. The van der Waals surface area contributed by atoms with Gasteiger partial charge < -0.3 is 20.5 Å². The Bertz CT molecular complexity index is 197. The molecular formula is C14H30N2O3. The van der Waals surface area contributed by atoms with E-state index >= 15 is 0 Å². The van der Waals surface area contributed by atoms with Crippen molar-refractivity contribution >= 4 is 5.97 Å². The van der Waals surface area contributed by atoms with E-state index in [2.05, 4.69) is 17.6 Å². The Hall–Kier alpha value is -0.650. The molecule has 1 aliphatic heterocycles. The van der Waals surface area contributed by atoms with Gasteiger partial charge >= 0.3 is 5.97 Å². The Morgan fingerprint density at radius 3 is 2.16 bits per heavy atom. The van der Waals surface area contributed by atoms with Crippen LogP contribution < -0.4 is 10.6 Å². The first-order valence-corrected chi connectivity index (χ1v) is 7.45. The Labute approximate surface area is 117 Å². The highest BCUT2D eigenvalue weighted by atomic mass is 16.5. The van der Waals surface area contributed by atoms with Gasteiger partial charge in [-0.15, -0.1) is 0 Å². The lowest BCUT2D eigenvalue weighted by Gasteiger charge is -2.12. The smallest absolute Gasteiger partial charge is 0.308 e. The van der Waals surface area contributed by atoms with Crippen molar-refractivity contribution in [2.24, 2.45) is 5.92 Å². The number of piperazine rings is 1. The van der Waals surface area contributed by atoms with Gasteiger partial charge in [0.05, 0.1) is 12.5 Å². The van der Waals surface area contributed by atoms with Gasteiger partial charge in [-0.2, -0.15) is 0 Å². The first kappa shape index (κ1) is 18.4. The molecule has 1 fully saturated rings. The fraction of sp³-hybridized carbons (Fsp3) is 0.929. The standard InChI is InChI=1S/C10H20O3.C4H10N2/c1-3-5-6-9(4-2)10(12)13-8-7-11;1-2-6-4-3-5-1/h9,11H,3-8H2,1-2H3;5-6H,1-4H2. The number of aliphatic hydroxyl groups is 1. The number of carbonyl (C=O) groups is 1. The number of hydrogen-bond acceptors (Lipinski definition) is 5. The zero-order valence-electron chi connectivity index (χ0n) is 12.4. The number of rotatable bonds is 7. The molecule has 1 heterocycles. The summed E-state index contributed by atoms with van der Waals surface area (Å²) in [4.78, 5) is 11.3. The SMILES string of the molecule is C1CNCCN1.CCCCC(CC)C(=O)OCCO. The number of esters is 1. The van der Waals surface area contributed by atoms with E-state index in [1.165, 1.54) is 0 Å². The van der Waals surface area contributed by atoms with Crippen LogP contribution in [-0.2, 0) is 9.53 Å². The van der Waals surface area contributed by atoms with E-state index < -0.39 is 0 Å². The molecule has 0 spiro atoms. The molecule has 3 N–H and O–H groups in total. The maximum Gasteiger partial charge on any atom is 0.308 e. The number of hydrogen-bond donors (Lipinski definition) is 3. The molecule has 1 atom stereocenters. The van der Waals surface area contributed by atoms with Crippen LogP contribution in [0.1, 0.15) is 39.5 Å². The Balaban J connectivity index is 0.000000443. The van der Waals surface area contributed by atoms with Gasteiger partial charge in [0.1, 0.15) is 6.61 Å². The summed E-state index contributed by atoms with van der Waals surface area (Å²) < 4.78 is 4.85. The molecule has 0 aromatic rings. The maximum atomic E-state index is 11.3. The number of unbranched alkanes of at least 4 members (excludes halogenated alkanes) is 1. The molecule has 0 saturated carbocycles. The van der Waals surface area contributed by atoms with E-state index in [9.17, 15) is 4.79 Å². The van der Waals surface area contributed by atoms with Gasteiger partial charge in [-0.1, -0.05) is 26.7 Å². The first-order chi connectivity index (χ1) is 9.26. The summed E-state index contributed by atoms with van der Waals surface area (Å²) in [7, 11) is 0. The van der Waals surface area contributed by atoms with Gasteiger partial charge in [-0.3, -0.25) is 4.79 Å². The molecule has 0 amide bonds. The lowest BCUT2D eigenvalue weighted by Crippen LogP contribution is -2.39. The van der Waals surface area contributed by atoms with Gasteiger partial charge in [-0.05, 0) is 12.8 Å². The molecular weight excluding hydrogens is 244 g/mol. The summed E-state index contributed by atoms with van der Waals surface area (Å²) in [5, 5.41) is 14.9. The third kappa shape index (κ3) is 10.9. The van der Waals surface area contributed by atoms with Crippen LogP contribution >= 0.6 is 0 Å². The summed E-state index contributed by atoms with van der Waals surface area (Å²) in [6.07, 6.45) is 3.89. The molecule has 1 unspecified atom stereocenters. The van der Waals surface area contributed by atoms with Crippen molar-refractivity contribution in [3.05, 3.63) is 0 Å². The van der Waals surface area contributed by atoms with E-state index in [-0.39, 0.29) is 25.1 Å². The zero-order valence-corrected chi connectivity index (χ0v) is 12.4. The predicted molar refractivity (Wildman–Crippen MR) is 77.1 cm³/mol. The molecule has 1 saturated heterocycles. The van der Waals surface area contributed by atoms with Crippen LogP contribution in [0.4, 0.5) is 0 Å². The molecule has 5 nitrogen and oxygen atoms in total. The second-order valence-electron chi connectivity index (χ2n) is 4.64. The molecule has 0 radical (unpaired) electrons. The van der Waals surface area contributed by atoms with Crippen LogP contribution in [-0.4, -0.2) is 50.5 Å². The molecule has 0 bridgehead atoms. The topological polar surface area (TPSA) is 70.6 Å². The molecule has 114 valence electrons. The lowest BCUT2D eigenvalue weighted by atomic mass is 10.00. The molecule has 1 rings (SSSR count). The van der Waals surface area contributed by atoms with Gasteiger partial charge in [0, 0.05) is 26.2 Å². The van der Waals surface area contributed by atoms with Gasteiger partial charge in [0.2, 0.25) is 0 Å². The van der Waals surface area contributed by atoms with Gasteiger partial charge in [0.25, 0.3) is 0 Å². The average Bonchev–Trinajstić information content (AvgIpc) is 2.48. The summed E-state index contributed by atoms with van der Waals surface area (Å²) in [6.45, 7) is 8.68. The number of ether oxygens (including phenoxy) is 1. The first-order valence-electron chi connectivity index (χ1n) is 7.45. The third-order valence-corrected chi connectivity index (χ3v) is 3.02. The van der Waals surface area contributed by atoms with E-state index in [0.29, 0.717) is 0 Å². The number of carbonyl (C=O) groups excluding carboxylic acids is 1. The highest BCUT2D eigenvalue weighted by Crippen LogP contribution is 2.13. The van der Waals surface area contributed by atoms with Crippen molar-refractivity contribution < 1.29 is 14.6 Å². The zero-order chi connectivity index (χ0) is 14.3. The van der Waals surface area contributed by atoms with Crippen molar-refractivity contribution in [1.82, 2.24) is 10.6 Å². The normalized spacial score (nSPS) is 16.2. The highest BCUT2D eigenvalue weighted by Gasteiger charge is 2.16. The number of aliphatic hydroxyl groups excluding tert-OH is 1. The van der Waals surface area contributed by atoms with Crippen LogP contribution in [0.15, 0.2) is 0 Å². The summed E-state index contributed by atoms with van der Waals surface area (Å²) >= 11 is 0. The van der Waals surface area contributed by atoms with Crippen molar-refractivity contribution in [1.29, 1.82) is 0 Å². The summed E-state index contributed by atoms with van der Waals surface area (Å²) in [6, 6.07) is 0. The quantitative estimate of drug-likeness (QED) is 0.602. The molecule has 19 heavy (non-hydrogen) atoms. The van der Waals surface area contributed by atoms with E-state index in [4.69, 9.17) is 9.84 Å². The minimum atomic E-state index is -0.162. The number of nitrogens with one attached hydrogen (secondary N) is 2. The fourth-order valence-corrected chi connectivity index (χ4v) is 1.81. The monoisotopic (exact) mass is 274 g/mol. The minimum Gasteiger partial charge on any atom is -0.463 e. The molecule has 0 aromatic heterocycles. The minimum absolute atomic E-state index is 0.0199. The van der Waals surface area contributed by atoms with Crippen LogP contribution in [0.3, 0.4) is 0 Å². The van der Waals surface area contributed by atoms with Crippen molar-refractivity contribution in [3.63, 3.8) is 0 Å². The lowest BCUT2D eigenvalue weighted by molar-refractivity contribution is -0.149. The van der Waals surface area contributed by atoms with E-state index in [0.717, 1.165) is 51.9 Å². The van der Waals surface area contributed by atoms with Crippen molar-refractivity contribution in [3.8, 4) is 0 Å². The highest BCUT2D eigenvalue weighted by molar-refractivity contribution is 5.72. The second kappa shape index (κ2) is 13.8. The largest absolute Gasteiger partial charge is 0.463 e. The van der Waals surface area contributed by atoms with E-state index in [1.54, 1.807) is 0 Å². The molecule has 0 aromatic carbocycles. The van der Waals surface area contributed by atoms with Crippen molar-refractivity contribution in [2.45, 2.75) is 39.5 Å². The van der Waals surface area contributed by atoms with Crippen LogP contribution in [0.25, 0.3) is 0 Å². The van der Waals surface area contributed by atoms with Crippen LogP contribution in [0.5, 0.6) is 0 Å². The Morgan fingerprint density at radius 2 is 1.79 bits per heavy atom. The predicted octanol–water partition coefficient (Wildman–Crippen LogP) is 0.918. The van der Waals surface area contributed by atoms with Crippen LogP contribution in [0.2, 0.25) is 0 Å². The van der Waals surface area contributed by atoms with Gasteiger partial charge in [0.15, 0.2) is 0 Å². The summed E-state index contributed by atoms with van der Waals surface area (Å²) in [5.41, 5.74) is 0.